The topological polar surface area (TPSA) is 26.3 Å². The fraction of sp³-hybridized carbons (Fsp3) is 0.406. The molecule has 6 aromatic carbocycles. The van der Waals surface area contributed by atoms with Gasteiger partial charge in [-0.3, -0.25) is 0 Å². The van der Waals surface area contributed by atoms with E-state index in [1.807, 2.05) is 13.8 Å². The van der Waals surface area contributed by atoms with Crippen LogP contribution in [0, 0.1) is 27.7 Å². The molecule has 0 spiro atoms. The van der Waals surface area contributed by atoms with Crippen molar-refractivity contribution in [3.05, 3.63) is 153 Å². The maximum atomic E-state index is 6.06. The molecule has 2 aromatic heterocycles. The number of hydrogen-bond donors (Lipinski definition) is 0. The van der Waals surface area contributed by atoms with E-state index in [9.17, 15) is 0 Å². The summed E-state index contributed by atoms with van der Waals surface area (Å²) >= 11 is -1.65. The molecule has 2 nitrogen and oxygen atoms in total. The monoisotopic (exact) mass is 1070 g/mol. The zero-order valence-corrected chi connectivity index (χ0v) is 51.2. The number of fused-ring (bicyclic) bond motifs is 2. The predicted molar refractivity (Wildman–Crippen MR) is 307 cm³/mol. The van der Waals surface area contributed by atoms with E-state index in [-0.39, 0.29) is 27.1 Å². The molecule has 0 N–H and O–H groups in total. The summed E-state index contributed by atoms with van der Waals surface area (Å²) in [6, 6.07) is 37.1. The van der Waals surface area contributed by atoms with Crippen molar-refractivity contribution >= 4 is 44.0 Å². The van der Waals surface area contributed by atoms with E-state index in [0.29, 0.717) is 0 Å². The number of rotatable bonds is 6. The van der Waals surface area contributed by atoms with Crippen LogP contribution in [0.2, 0.25) is 13.1 Å². The van der Waals surface area contributed by atoms with Crippen molar-refractivity contribution in [3.63, 3.8) is 0 Å². The van der Waals surface area contributed by atoms with Crippen LogP contribution in [0.3, 0.4) is 0 Å². The van der Waals surface area contributed by atoms with Crippen LogP contribution in [0.1, 0.15) is 153 Å². The van der Waals surface area contributed by atoms with Crippen LogP contribution >= 0.6 is 17.0 Å². The molecule has 372 valence electrons. The van der Waals surface area contributed by atoms with Gasteiger partial charge in [-0.1, -0.05) is 168 Å². The minimum absolute atomic E-state index is 0.0939. The molecule has 0 aliphatic heterocycles. The summed E-state index contributed by atoms with van der Waals surface area (Å²) in [7, 11) is 11.2. The molecule has 0 saturated heterocycles. The first-order valence-electron chi connectivity index (χ1n) is 25.3. The second kappa shape index (κ2) is 21.4. The molecule has 8 aromatic rings. The van der Waals surface area contributed by atoms with Gasteiger partial charge >= 0.3 is 53.5 Å². The SMILES string of the molecule is CCc1ccc2[cH-]c(-c3cc(C)c(C)o3)cc2c1-c1cc(C(C)(C)C)cc(C(C)(C)C)c1.CCc1ccc2[cH-]c(-c3cc(C)c(C)o3)cc2c1-c1cc(C(C)(C)C)cc(C(C)(C)C)c1.C[Si](C)=[Zr]([Cl])[Cl]. The molecule has 0 aliphatic carbocycles. The molecule has 0 radical (unpaired) electrons. The third kappa shape index (κ3) is 12.7. The Morgan fingerprint density at radius 1 is 0.471 bits per heavy atom. The fourth-order valence-electron chi connectivity index (χ4n) is 8.92. The second-order valence-electron chi connectivity index (χ2n) is 24.0. The van der Waals surface area contributed by atoms with Crippen LogP contribution in [-0.4, -0.2) is 5.43 Å². The molecule has 0 unspecified atom stereocenters. The van der Waals surface area contributed by atoms with E-state index in [1.54, 1.807) is 0 Å². The van der Waals surface area contributed by atoms with Crippen molar-refractivity contribution in [2.45, 2.75) is 172 Å². The van der Waals surface area contributed by atoms with Gasteiger partial charge < -0.3 is 8.83 Å². The van der Waals surface area contributed by atoms with Gasteiger partial charge in [0, 0.05) is 0 Å². The normalized spacial score (nSPS) is 12.3. The first kappa shape index (κ1) is 55.7. The van der Waals surface area contributed by atoms with Crippen LogP contribution in [0.15, 0.2) is 106 Å². The van der Waals surface area contributed by atoms with Gasteiger partial charge in [0.15, 0.2) is 0 Å². The van der Waals surface area contributed by atoms with Crippen LogP contribution < -0.4 is 0 Å². The summed E-state index contributed by atoms with van der Waals surface area (Å²) in [6.07, 6.45) is 2.02. The Labute approximate surface area is 437 Å². The Morgan fingerprint density at radius 2 is 0.771 bits per heavy atom. The van der Waals surface area contributed by atoms with Crippen molar-refractivity contribution in [1.82, 2.24) is 0 Å². The second-order valence-corrected chi connectivity index (χ2v) is 46.9. The zero-order valence-electron chi connectivity index (χ0n) is 46.2. The summed E-state index contributed by atoms with van der Waals surface area (Å²) in [5.74, 6) is 3.90. The number of benzene rings is 4. The average molecular weight is 1070 g/mol. The van der Waals surface area contributed by atoms with E-state index >= 15 is 0 Å². The van der Waals surface area contributed by atoms with Gasteiger partial charge in [0.25, 0.3) is 0 Å². The van der Waals surface area contributed by atoms with Crippen molar-refractivity contribution < 1.29 is 26.8 Å². The third-order valence-electron chi connectivity index (χ3n) is 13.9. The number of halogens is 2. The minimum atomic E-state index is -1.65. The number of hydrogen-bond acceptors (Lipinski definition) is 2. The third-order valence-corrected chi connectivity index (χ3v) is 33.6. The van der Waals surface area contributed by atoms with E-state index in [2.05, 4.69) is 221 Å². The van der Waals surface area contributed by atoms with E-state index < -0.39 is 18.0 Å². The molecule has 0 saturated carbocycles. The Hall–Kier alpha value is -3.66. The molecular formula is C64H80Cl2O2SiZr-2. The Balaban J connectivity index is 0.000000206. The number of furan rings is 2. The standard InChI is InChI=1S/2C31H37O.C2H6Si.2ClH.Zr/c2*1-10-21-11-12-22-14-23(28-13-19(2)20(3)32-28)17-27(22)29(21)24-15-25(30(4,5)6)18-26(16-24)31(7,8)9;1-3-2;;;/h2*11-18H,10H2,1-9H3;1-2H3;2*1H;/q2*-1;;;;+2/p-2. The Bertz CT molecular complexity index is 2860. The molecule has 0 amide bonds. The van der Waals surface area contributed by atoms with Gasteiger partial charge in [0.2, 0.25) is 0 Å². The van der Waals surface area contributed by atoms with Gasteiger partial charge in [0.05, 0.1) is 23.0 Å². The quantitative estimate of drug-likeness (QED) is 0.123. The molecule has 0 fully saturated rings. The van der Waals surface area contributed by atoms with E-state index in [0.717, 1.165) is 47.0 Å². The molecule has 0 bridgehead atoms. The fourth-order valence-corrected chi connectivity index (χ4v) is 8.92. The van der Waals surface area contributed by atoms with Gasteiger partial charge in [-0.2, -0.15) is 0 Å². The predicted octanol–water partition coefficient (Wildman–Crippen LogP) is 20.7. The zero-order chi connectivity index (χ0) is 52.0. The number of aryl methyl sites for hydroxylation is 6. The summed E-state index contributed by atoms with van der Waals surface area (Å²) in [6.45, 7) is 44.8. The summed E-state index contributed by atoms with van der Waals surface area (Å²) < 4.78 is 12.1. The molecule has 0 atom stereocenters. The summed E-state index contributed by atoms with van der Waals surface area (Å²) in [5.41, 5.74) is 18.6. The van der Waals surface area contributed by atoms with Crippen molar-refractivity contribution in [2.24, 2.45) is 0 Å². The van der Waals surface area contributed by atoms with E-state index in [4.69, 9.17) is 25.9 Å². The van der Waals surface area contributed by atoms with Gasteiger partial charge in [-0.05, 0) is 130 Å². The molecule has 70 heavy (non-hydrogen) atoms. The molecular weight excluding hydrogens is 991 g/mol. The average Bonchev–Trinajstić information content (AvgIpc) is 4.06. The van der Waals surface area contributed by atoms with E-state index in [1.165, 1.54) is 88.3 Å². The van der Waals surface area contributed by atoms with Gasteiger partial charge in [-0.15, -0.1) is 57.9 Å². The Morgan fingerprint density at radius 3 is 1.00 bits per heavy atom. The summed E-state index contributed by atoms with van der Waals surface area (Å²) in [4.78, 5) is 0. The molecule has 8 rings (SSSR count). The van der Waals surface area contributed by atoms with Gasteiger partial charge in [-0.25, -0.2) is 0 Å². The molecule has 2 heterocycles. The van der Waals surface area contributed by atoms with Crippen LogP contribution in [0.25, 0.3) is 66.4 Å². The van der Waals surface area contributed by atoms with Crippen molar-refractivity contribution in [2.75, 3.05) is 0 Å². The molecule has 0 aliphatic rings. The molecule has 6 heteroatoms. The maximum absolute atomic E-state index is 6.06. The Kier molecular flexibility index (Phi) is 17.0. The van der Waals surface area contributed by atoms with Crippen molar-refractivity contribution in [3.8, 4) is 44.9 Å². The first-order chi connectivity index (χ1) is 32.4. The van der Waals surface area contributed by atoms with Crippen LogP contribution in [0.5, 0.6) is 0 Å². The van der Waals surface area contributed by atoms with Crippen LogP contribution in [-0.2, 0) is 52.5 Å². The summed E-state index contributed by atoms with van der Waals surface area (Å²) in [5, 5.41) is 5.18. The van der Waals surface area contributed by atoms with Crippen LogP contribution in [0.4, 0.5) is 0 Å². The van der Waals surface area contributed by atoms with Gasteiger partial charge in [0.1, 0.15) is 0 Å². The first-order valence-corrected chi connectivity index (χ1v) is 37.8. The van der Waals surface area contributed by atoms with Crippen molar-refractivity contribution in [1.29, 1.82) is 0 Å².